The third-order valence-electron chi connectivity index (χ3n) is 3.97. The fourth-order valence-corrected chi connectivity index (χ4v) is 2.73. The van der Waals surface area contributed by atoms with Crippen LogP contribution < -0.4 is 4.74 Å². The lowest BCUT2D eigenvalue weighted by Crippen LogP contribution is -2.30. The van der Waals surface area contributed by atoms with Crippen molar-refractivity contribution < 1.29 is 14.6 Å². The monoisotopic (exact) mass is 277 g/mol. The molecule has 0 heterocycles. The first kappa shape index (κ1) is 14.9. The Balaban J connectivity index is 1.66. The summed E-state index contributed by atoms with van der Waals surface area (Å²) in [5.41, 5.74) is 0.290. The molecule has 0 atom stereocenters. The van der Waals surface area contributed by atoms with Gasteiger partial charge in [0.1, 0.15) is 5.75 Å². The van der Waals surface area contributed by atoms with Gasteiger partial charge in [-0.25, -0.2) is 4.79 Å². The highest BCUT2D eigenvalue weighted by molar-refractivity contribution is 5.87. The summed E-state index contributed by atoms with van der Waals surface area (Å²) >= 11 is 0. The Bertz CT molecular complexity index is 424. The third kappa shape index (κ3) is 4.23. The minimum atomic E-state index is -0.908. The molecule has 20 heavy (non-hydrogen) atoms. The van der Waals surface area contributed by atoms with Gasteiger partial charge < -0.3 is 14.7 Å². The standard InChI is InChI=1S/C16H23NO3/c1-17(14-5-2-3-6-14)11-4-12-20-15-9-7-13(8-10-15)16(18)19/h7-10,14H,2-6,11-12H2,1H3,(H,18,19). The Labute approximate surface area is 120 Å². The van der Waals surface area contributed by atoms with Gasteiger partial charge in [0.25, 0.3) is 0 Å². The topological polar surface area (TPSA) is 49.8 Å². The summed E-state index contributed by atoms with van der Waals surface area (Å²) in [5, 5.41) is 8.81. The van der Waals surface area contributed by atoms with Gasteiger partial charge >= 0.3 is 5.97 Å². The van der Waals surface area contributed by atoms with Crippen molar-refractivity contribution in [2.24, 2.45) is 0 Å². The molecule has 1 aliphatic carbocycles. The zero-order valence-corrected chi connectivity index (χ0v) is 12.0. The molecule has 0 bridgehead atoms. The van der Waals surface area contributed by atoms with Gasteiger partial charge in [-0.05, 0) is 50.6 Å². The average molecular weight is 277 g/mol. The van der Waals surface area contributed by atoms with E-state index in [2.05, 4.69) is 11.9 Å². The number of ether oxygens (including phenoxy) is 1. The molecule has 0 radical (unpaired) electrons. The zero-order chi connectivity index (χ0) is 14.4. The number of nitrogens with zero attached hydrogens (tertiary/aromatic N) is 1. The summed E-state index contributed by atoms with van der Waals surface area (Å²) in [6.45, 7) is 1.72. The highest BCUT2D eigenvalue weighted by atomic mass is 16.5. The molecule has 0 aromatic heterocycles. The van der Waals surface area contributed by atoms with E-state index in [4.69, 9.17) is 9.84 Å². The van der Waals surface area contributed by atoms with Gasteiger partial charge in [0, 0.05) is 12.6 Å². The summed E-state index contributed by atoms with van der Waals surface area (Å²) in [5.74, 6) is -0.173. The van der Waals surface area contributed by atoms with Crippen molar-refractivity contribution in [3.8, 4) is 5.75 Å². The highest BCUT2D eigenvalue weighted by Gasteiger charge is 2.18. The maximum atomic E-state index is 10.7. The minimum Gasteiger partial charge on any atom is -0.494 e. The number of carboxylic acids is 1. The molecule has 0 amide bonds. The SMILES string of the molecule is CN(CCCOc1ccc(C(=O)O)cc1)C1CCCC1. The molecule has 1 aromatic carbocycles. The molecule has 1 fully saturated rings. The van der Waals surface area contributed by atoms with Crippen LogP contribution in [0.25, 0.3) is 0 Å². The third-order valence-corrected chi connectivity index (χ3v) is 3.97. The molecule has 0 aliphatic heterocycles. The molecule has 2 rings (SSSR count). The normalized spacial score (nSPS) is 15.7. The largest absolute Gasteiger partial charge is 0.494 e. The van der Waals surface area contributed by atoms with E-state index < -0.39 is 5.97 Å². The van der Waals surface area contributed by atoms with E-state index in [0.717, 1.165) is 24.8 Å². The molecular formula is C16H23NO3. The van der Waals surface area contributed by atoms with Crippen LogP contribution in [0, 0.1) is 0 Å². The van der Waals surface area contributed by atoms with Crippen LogP contribution in [0.3, 0.4) is 0 Å². The Morgan fingerprint density at radius 2 is 1.95 bits per heavy atom. The van der Waals surface area contributed by atoms with Crippen LogP contribution in [-0.2, 0) is 0 Å². The van der Waals surface area contributed by atoms with E-state index in [1.54, 1.807) is 24.3 Å². The van der Waals surface area contributed by atoms with Crippen molar-refractivity contribution in [3.05, 3.63) is 29.8 Å². The smallest absolute Gasteiger partial charge is 0.335 e. The van der Waals surface area contributed by atoms with E-state index in [9.17, 15) is 4.79 Å². The molecule has 110 valence electrons. The van der Waals surface area contributed by atoms with Crippen molar-refractivity contribution in [3.63, 3.8) is 0 Å². The summed E-state index contributed by atoms with van der Waals surface area (Å²) < 4.78 is 5.63. The quantitative estimate of drug-likeness (QED) is 0.778. The molecule has 0 saturated heterocycles. The second-order valence-corrected chi connectivity index (χ2v) is 5.45. The fourth-order valence-electron chi connectivity index (χ4n) is 2.73. The summed E-state index contributed by atoms with van der Waals surface area (Å²) in [6.07, 6.45) is 6.37. The van der Waals surface area contributed by atoms with Gasteiger partial charge in [0.15, 0.2) is 0 Å². The Kier molecular flexibility index (Phi) is 5.41. The summed E-state index contributed by atoms with van der Waals surface area (Å²) in [7, 11) is 2.19. The van der Waals surface area contributed by atoms with Crippen LogP contribution in [0.15, 0.2) is 24.3 Å². The van der Waals surface area contributed by atoms with Crippen LogP contribution in [-0.4, -0.2) is 42.2 Å². The number of hydrogen-bond acceptors (Lipinski definition) is 3. The number of benzene rings is 1. The van der Waals surface area contributed by atoms with Gasteiger partial charge in [-0.15, -0.1) is 0 Å². The minimum absolute atomic E-state index is 0.290. The van der Waals surface area contributed by atoms with Gasteiger partial charge in [-0.3, -0.25) is 0 Å². The predicted molar refractivity (Wildman–Crippen MR) is 78.4 cm³/mol. The Hall–Kier alpha value is -1.55. The number of carbonyl (C=O) groups is 1. The van der Waals surface area contributed by atoms with Crippen molar-refractivity contribution in [1.82, 2.24) is 4.90 Å². The molecule has 1 aliphatic rings. The van der Waals surface area contributed by atoms with Crippen LogP contribution in [0.1, 0.15) is 42.5 Å². The maximum absolute atomic E-state index is 10.7. The molecule has 0 unspecified atom stereocenters. The Morgan fingerprint density at radius 1 is 1.30 bits per heavy atom. The zero-order valence-electron chi connectivity index (χ0n) is 12.0. The second kappa shape index (κ2) is 7.29. The molecule has 1 aromatic rings. The summed E-state index contributed by atoms with van der Waals surface area (Å²) in [4.78, 5) is 13.2. The van der Waals surface area contributed by atoms with Crippen molar-refractivity contribution in [1.29, 1.82) is 0 Å². The molecule has 1 saturated carbocycles. The van der Waals surface area contributed by atoms with E-state index >= 15 is 0 Å². The number of rotatable bonds is 7. The van der Waals surface area contributed by atoms with Gasteiger partial charge in [0.2, 0.25) is 0 Å². The van der Waals surface area contributed by atoms with Crippen LogP contribution in [0.2, 0.25) is 0 Å². The molecule has 0 spiro atoms. The first-order chi connectivity index (χ1) is 9.66. The Morgan fingerprint density at radius 3 is 2.55 bits per heavy atom. The predicted octanol–water partition coefficient (Wildman–Crippen LogP) is 3.03. The van der Waals surface area contributed by atoms with Crippen LogP contribution >= 0.6 is 0 Å². The lowest BCUT2D eigenvalue weighted by Gasteiger charge is -2.23. The average Bonchev–Trinajstić information content (AvgIpc) is 2.98. The van der Waals surface area contributed by atoms with E-state index in [-0.39, 0.29) is 0 Å². The number of aromatic carboxylic acids is 1. The maximum Gasteiger partial charge on any atom is 0.335 e. The van der Waals surface area contributed by atoms with Gasteiger partial charge in [0.05, 0.1) is 12.2 Å². The molecular weight excluding hydrogens is 254 g/mol. The van der Waals surface area contributed by atoms with Gasteiger partial charge in [-0.1, -0.05) is 12.8 Å². The van der Waals surface area contributed by atoms with Crippen molar-refractivity contribution >= 4 is 5.97 Å². The highest BCUT2D eigenvalue weighted by Crippen LogP contribution is 2.22. The van der Waals surface area contributed by atoms with E-state index in [1.165, 1.54) is 25.7 Å². The van der Waals surface area contributed by atoms with Crippen molar-refractivity contribution in [2.75, 3.05) is 20.2 Å². The number of carboxylic acid groups (broad SMARTS) is 1. The first-order valence-electron chi connectivity index (χ1n) is 7.33. The van der Waals surface area contributed by atoms with Crippen LogP contribution in [0.5, 0.6) is 5.75 Å². The van der Waals surface area contributed by atoms with Gasteiger partial charge in [-0.2, -0.15) is 0 Å². The molecule has 4 nitrogen and oxygen atoms in total. The van der Waals surface area contributed by atoms with E-state index in [1.807, 2.05) is 0 Å². The molecule has 4 heteroatoms. The van der Waals surface area contributed by atoms with E-state index in [0.29, 0.717) is 12.2 Å². The second-order valence-electron chi connectivity index (χ2n) is 5.45. The lowest BCUT2D eigenvalue weighted by molar-refractivity contribution is 0.0697. The number of hydrogen-bond donors (Lipinski definition) is 1. The molecule has 1 N–H and O–H groups in total. The summed E-state index contributed by atoms with van der Waals surface area (Å²) in [6, 6.07) is 7.32. The van der Waals surface area contributed by atoms with Crippen molar-refractivity contribution in [2.45, 2.75) is 38.1 Å². The first-order valence-corrected chi connectivity index (χ1v) is 7.33. The lowest BCUT2D eigenvalue weighted by atomic mass is 10.2. The van der Waals surface area contributed by atoms with Crippen LogP contribution in [0.4, 0.5) is 0 Å². The fraction of sp³-hybridized carbons (Fsp3) is 0.562.